The van der Waals surface area contributed by atoms with Crippen molar-refractivity contribution in [2.75, 3.05) is 0 Å². The van der Waals surface area contributed by atoms with Crippen LogP contribution in [-0.2, 0) is 16.9 Å². The van der Waals surface area contributed by atoms with Crippen molar-refractivity contribution in [1.82, 2.24) is 14.1 Å². The zero-order valence-corrected chi connectivity index (χ0v) is 20.9. The van der Waals surface area contributed by atoms with Crippen LogP contribution in [0.1, 0.15) is 30.0 Å². The quantitative estimate of drug-likeness (QED) is 0.253. The molecule has 0 N–H and O–H groups in total. The van der Waals surface area contributed by atoms with E-state index >= 15 is 0 Å². The van der Waals surface area contributed by atoms with Gasteiger partial charge in [0.1, 0.15) is 5.54 Å². The summed E-state index contributed by atoms with van der Waals surface area (Å²) < 4.78 is 4.03. The number of Topliss-reactive ketones (excluding diaryl/α,β-unsaturated/α-hetero) is 1. The molecule has 0 bridgehead atoms. The lowest BCUT2D eigenvalue weighted by molar-refractivity contribution is -0.119. The van der Waals surface area contributed by atoms with Crippen LogP contribution in [0.25, 0.3) is 11.2 Å². The lowest BCUT2D eigenvalue weighted by Crippen LogP contribution is -2.45. The smallest absolute Gasteiger partial charge is 0.298 e. The molecule has 0 aliphatic carbocycles. The third-order valence-corrected chi connectivity index (χ3v) is 6.81. The van der Waals surface area contributed by atoms with Crippen LogP contribution in [0, 0.1) is 0 Å². The Morgan fingerprint density at radius 2 is 1.34 bits per heavy atom. The molecule has 0 saturated carbocycles. The van der Waals surface area contributed by atoms with E-state index in [1.165, 1.54) is 0 Å². The van der Waals surface area contributed by atoms with E-state index in [4.69, 9.17) is 4.98 Å². The molecule has 0 amide bonds. The molecule has 0 fully saturated rings. The van der Waals surface area contributed by atoms with Gasteiger partial charge in [0, 0.05) is 17.1 Å². The second kappa shape index (κ2) is 9.47. The van der Waals surface area contributed by atoms with E-state index in [2.05, 4.69) is 15.9 Å². The average molecular weight is 526 g/mol. The number of ketones is 1. The van der Waals surface area contributed by atoms with Gasteiger partial charge in [-0.1, -0.05) is 97.9 Å². The zero-order chi connectivity index (χ0) is 24.4. The lowest BCUT2D eigenvalue weighted by atomic mass is 9.76. The zero-order valence-electron chi connectivity index (χ0n) is 19.3. The molecule has 0 radical (unpaired) electrons. The Hall–Kier alpha value is -3.77. The summed E-state index contributed by atoms with van der Waals surface area (Å²) in [6, 6.07) is 31.8. The highest BCUT2D eigenvalue weighted by Crippen LogP contribution is 2.41. The predicted octanol–water partition coefficient (Wildman–Crippen LogP) is 5.78. The number of imidazole rings is 1. The van der Waals surface area contributed by atoms with E-state index in [-0.39, 0.29) is 18.0 Å². The standard InChI is InChI=1S/C29H24BrN3O2/c1-2-25(34)20-32-26-18-24(30)19-31-27(26)33(28(32)35)29(21-12-6-3-7-13-21,22-14-8-4-9-15-22)23-16-10-5-11-17-23/h3-19H,2,20H2,1H3. The molecule has 5 nitrogen and oxygen atoms in total. The van der Waals surface area contributed by atoms with Crippen LogP contribution in [0.3, 0.4) is 0 Å². The van der Waals surface area contributed by atoms with Crippen LogP contribution in [0.4, 0.5) is 0 Å². The largest absolute Gasteiger partial charge is 0.332 e. The molecule has 6 heteroatoms. The molecule has 5 aromatic rings. The van der Waals surface area contributed by atoms with Crippen molar-refractivity contribution in [1.29, 1.82) is 0 Å². The first kappa shape index (κ1) is 23.0. The van der Waals surface area contributed by atoms with Crippen LogP contribution in [0.15, 0.2) is 113 Å². The Labute approximate surface area is 211 Å². The normalized spacial score (nSPS) is 11.6. The highest BCUT2D eigenvalue weighted by atomic mass is 79.9. The number of benzene rings is 3. The molecule has 0 atom stereocenters. The molecular formula is C29H24BrN3O2. The fourth-order valence-corrected chi connectivity index (χ4v) is 5.09. The summed E-state index contributed by atoms with van der Waals surface area (Å²) in [6.45, 7) is 1.80. The summed E-state index contributed by atoms with van der Waals surface area (Å²) >= 11 is 3.50. The number of carbonyl (C=O) groups is 1. The van der Waals surface area contributed by atoms with Crippen molar-refractivity contribution in [3.63, 3.8) is 0 Å². The molecule has 3 aromatic carbocycles. The summed E-state index contributed by atoms with van der Waals surface area (Å²) in [4.78, 5) is 31.6. The number of fused-ring (bicyclic) bond motifs is 1. The second-order valence-electron chi connectivity index (χ2n) is 8.40. The first-order valence-corrected chi connectivity index (χ1v) is 12.3. The fraction of sp³-hybridized carbons (Fsp3) is 0.138. The van der Waals surface area contributed by atoms with E-state index in [9.17, 15) is 9.59 Å². The van der Waals surface area contributed by atoms with Crippen LogP contribution in [0.2, 0.25) is 0 Å². The maximum atomic E-state index is 14.3. The van der Waals surface area contributed by atoms with Crippen molar-refractivity contribution in [2.24, 2.45) is 0 Å². The molecule has 5 rings (SSSR count). The Kier molecular flexibility index (Phi) is 6.22. The molecule has 0 unspecified atom stereocenters. The first-order chi connectivity index (χ1) is 17.1. The van der Waals surface area contributed by atoms with Gasteiger partial charge in [0.25, 0.3) is 0 Å². The summed E-state index contributed by atoms with van der Waals surface area (Å²) in [5.74, 6) is -0.0177. The summed E-state index contributed by atoms with van der Waals surface area (Å²) in [5, 5.41) is 0. The average Bonchev–Trinajstić information content (AvgIpc) is 3.17. The van der Waals surface area contributed by atoms with Crippen molar-refractivity contribution in [2.45, 2.75) is 25.4 Å². The van der Waals surface area contributed by atoms with Crippen molar-refractivity contribution < 1.29 is 4.79 Å². The van der Waals surface area contributed by atoms with Gasteiger partial charge < -0.3 is 0 Å². The van der Waals surface area contributed by atoms with Gasteiger partial charge in [0.05, 0.1) is 12.1 Å². The number of hydrogen-bond donors (Lipinski definition) is 0. The van der Waals surface area contributed by atoms with Crippen molar-refractivity contribution in [3.8, 4) is 0 Å². The van der Waals surface area contributed by atoms with Crippen LogP contribution in [0.5, 0.6) is 0 Å². The molecule has 0 aliphatic heterocycles. The molecule has 2 heterocycles. The van der Waals surface area contributed by atoms with Gasteiger partial charge in [-0.2, -0.15) is 0 Å². The first-order valence-electron chi connectivity index (χ1n) is 11.5. The van der Waals surface area contributed by atoms with Gasteiger partial charge in [-0.3, -0.25) is 13.9 Å². The number of hydrogen-bond acceptors (Lipinski definition) is 3. The SMILES string of the molecule is CCC(=O)Cn1c(=O)n(C(c2ccccc2)(c2ccccc2)c2ccccc2)c2ncc(Br)cc21. The Morgan fingerprint density at radius 3 is 1.80 bits per heavy atom. The number of pyridine rings is 1. The molecule has 0 saturated heterocycles. The van der Waals surface area contributed by atoms with E-state index in [1.54, 1.807) is 15.3 Å². The topological polar surface area (TPSA) is 56.9 Å². The number of aromatic nitrogens is 3. The summed E-state index contributed by atoms with van der Waals surface area (Å²) in [7, 11) is 0. The van der Waals surface area contributed by atoms with E-state index < -0.39 is 5.54 Å². The number of carbonyl (C=O) groups excluding carboxylic acids is 1. The highest BCUT2D eigenvalue weighted by Gasteiger charge is 2.42. The minimum atomic E-state index is -1.01. The Bertz CT molecular complexity index is 1440. The molecule has 35 heavy (non-hydrogen) atoms. The fourth-order valence-electron chi connectivity index (χ4n) is 4.78. The summed E-state index contributed by atoms with van der Waals surface area (Å²) in [6.07, 6.45) is 2.04. The number of nitrogens with zero attached hydrogens (tertiary/aromatic N) is 3. The van der Waals surface area contributed by atoms with E-state index in [1.807, 2.05) is 104 Å². The van der Waals surface area contributed by atoms with Gasteiger partial charge in [-0.25, -0.2) is 9.78 Å². The van der Waals surface area contributed by atoms with Crippen LogP contribution in [-0.4, -0.2) is 19.9 Å². The Morgan fingerprint density at radius 1 is 0.857 bits per heavy atom. The van der Waals surface area contributed by atoms with Gasteiger partial charge in [0.2, 0.25) is 0 Å². The molecule has 2 aromatic heterocycles. The second-order valence-corrected chi connectivity index (χ2v) is 9.32. The van der Waals surface area contributed by atoms with E-state index in [0.29, 0.717) is 17.6 Å². The molecule has 0 aliphatic rings. The van der Waals surface area contributed by atoms with Gasteiger partial charge in [-0.15, -0.1) is 0 Å². The van der Waals surface area contributed by atoms with E-state index in [0.717, 1.165) is 21.2 Å². The van der Waals surface area contributed by atoms with Gasteiger partial charge in [-0.05, 0) is 38.7 Å². The molecule has 174 valence electrons. The maximum absolute atomic E-state index is 14.3. The predicted molar refractivity (Wildman–Crippen MR) is 142 cm³/mol. The monoisotopic (exact) mass is 525 g/mol. The number of rotatable bonds is 7. The van der Waals surface area contributed by atoms with Gasteiger partial charge in [0.15, 0.2) is 11.4 Å². The number of halogens is 1. The van der Waals surface area contributed by atoms with Crippen LogP contribution >= 0.6 is 15.9 Å². The molecule has 0 spiro atoms. The molecular weight excluding hydrogens is 502 g/mol. The lowest BCUT2D eigenvalue weighted by Gasteiger charge is -2.36. The van der Waals surface area contributed by atoms with Gasteiger partial charge >= 0.3 is 5.69 Å². The van der Waals surface area contributed by atoms with Crippen molar-refractivity contribution in [3.05, 3.63) is 135 Å². The highest BCUT2D eigenvalue weighted by molar-refractivity contribution is 9.10. The maximum Gasteiger partial charge on any atom is 0.332 e. The third-order valence-electron chi connectivity index (χ3n) is 6.38. The minimum absolute atomic E-state index is 0.00852. The van der Waals surface area contributed by atoms with Crippen molar-refractivity contribution >= 4 is 32.9 Å². The summed E-state index contributed by atoms with van der Waals surface area (Å²) in [5.41, 5.74) is 2.58. The van der Waals surface area contributed by atoms with Crippen LogP contribution < -0.4 is 5.69 Å². The third kappa shape index (κ3) is 3.84. The minimum Gasteiger partial charge on any atom is -0.298 e. The Balaban J connectivity index is 2.00.